The highest BCUT2D eigenvalue weighted by atomic mass is 31.2. The van der Waals surface area contributed by atoms with E-state index in [9.17, 15) is 4.57 Å². The first-order valence-corrected chi connectivity index (χ1v) is 4.87. The molecule has 1 rings (SSSR count). The number of rotatable bonds is 0. The molecule has 8 heavy (non-hydrogen) atoms. The summed E-state index contributed by atoms with van der Waals surface area (Å²) >= 11 is 0. The Hall–Kier alpha value is -0.360. The number of aliphatic imine (C=N–C) groups is 1. The van der Waals surface area contributed by atoms with Gasteiger partial charge in [-0.2, -0.15) is 0 Å². The quantitative estimate of drug-likeness (QED) is 0.456. The van der Waals surface area contributed by atoms with E-state index < -0.39 is 7.14 Å². The van der Waals surface area contributed by atoms with Crippen molar-refractivity contribution in [3.05, 3.63) is 12.0 Å². The standard InChI is InChI=1S/C5H8NOP/c1-8(7)4-2-6-3-5-8/h2-4H,5H2,1H3. The number of nitrogens with zero attached hydrogens (tertiary/aromatic N) is 1. The summed E-state index contributed by atoms with van der Waals surface area (Å²) in [4.78, 5) is 3.79. The maximum Gasteiger partial charge on any atom is 0.112 e. The summed E-state index contributed by atoms with van der Waals surface area (Å²) in [6, 6.07) is 0. The predicted molar refractivity (Wildman–Crippen MR) is 36.0 cm³/mol. The second-order valence-electron chi connectivity index (χ2n) is 1.99. The average Bonchev–Trinajstić information content (AvgIpc) is 1.65. The molecule has 0 aliphatic carbocycles. The Morgan fingerprint density at radius 3 is 2.75 bits per heavy atom. The largest absolute Gasteiger partial charge is 0.319 e. The van der Waals surface area contributed by atoms with E-state index in [1.165, 1.54) is 0 Å². The van der Waals surface area contributed by atoms with Gasteiger partial charge in [-0.1, -0.05) is 0 Å². The Kier molecular flexibility index (Phi) is 1.35. The number of hydrogen-bond donors (Lipinski definition) is 0. The lowest BCUT2D eigenvalue weighted by molar-refractivity contribution is 0.586. The van der Waals surface area contributed by atoms with E-state index in [0.29, 0.717) is 6.16 Å². The van der Waals surface area contributed by atoms with Crippen molar-refractivity contribution in [2.24, 2.45) is 4.99 Å². The molecule has 1 unspecified atom stereocenters. The minimum absolute atomic E-state index is 0.628. The van der Waals surface area contributed by atoms with Crippen LogP contribution in [0.2, 0.25) is 0 Å². The predicted octanol–water partition coefficient (Wildman–Crippen LogP) is 1.53. The monoisotopic (exact) mass is 129 g/mol. The second-order valence-corrected chi connectivity index (χ2v) is 5.00. The van der Waals surface area contributed by atoms with Crippen molar-refractivity contribution in [2.75, 3.05) is 12.8 Å². The molecule has 0 spiro atoms. The van der Waals surface area contributed by atoms with Crippen LogP contribution in [-0.2, 0) is 4.57 Å². The molecule has 0 aromatic carbocycles. The average molecular weight is 129 g/mol. The van der Waals surface area contributed by atoms with Crippen LogP contribution in [0.15, 0.2) is 17.0 Å². The Bertz CT molecular complexity index is 183. The van der Waals surface area contributed by atoms with Crippen molar-refractivity contribution in [2.45, 2.75) is 0 Å². The molecule has 0 radical (unpaired) electrons. The second kappa shape index (κ2) is 1.87. The van der Waals surface area contributed by atoms with Crippen LogP contribution in [0.1, 0.15) is 0 Å². The summed E-state index contributed by atoms with van der Waals surface area (Å²) in [6.45, 7) is 1.76. The summed E-state index contributed by atoms with van der Waals surface area (Å²) in [5.74, 6) is 1.69. The molecule has 0 fully saturated rings. The third-order valence-electron chi connectivity index (χ3n) is 1.02. The Morgan fingerprint density at radius 1 is 1.75 bits per heavy atom. The molecule has 1 atom stereocenters. The van der Waals surface area contributed by atoms with Crippen LogP contribution < -0.4 is 0 Å². The molecule has 0 amide bonds. The lowest BCUT2D eigenvalue weighted by Gasteiger charge is -2.04. The summed E-state index contributed by atoms with van der Waals surface area (Å²) in [7, 11) is -1.92. The van der Waals surface area contributed by atoms with Crippen molar-refractivity contribution >= 4 is 13.4 Å². The van der Waals surface area contributed by atoms with E-state index >= 15 is 0 Å². The third kappa shape index (κ3) is 1.31. The van der Waals surface area contributed by atoms with Gasteiger partial charge in [0.05, 0.1) is 0 Å². The van der Waals surface area contributed by atoms with Crippen LogP contribution in [0, 0.1) is 0 Å². The Balaban J connectivity index is 2.81. The third-order valence-corrected chi connectivity index (χ3v) is 2.67. The molecule has 0 saturated carbocycles. The molecule has 1 heterocycles. The molecule has 2 nitrogen and oxygen atoms in total. The van der Waals surface area contributed by atoms with Gasteiger partial charge in [-0.05, 0) is 12.5 Å². The van der Waals surface area contributed by atoms with Crippen molar-refractivity contribution in [1.82, 2.24) is 0 Å². The highest BCUT2D eigenvalue weighted by Gasteiger charge is 2.09. The zero-order chi connectivity index (χ0) is 6.04. The van der Waals surface area contributed by atoms with Gasteiger partial charge in [-0.3, -0.25) is 4.99 Å². The SMILES string of the molecule is CP1(=O)C=CN=CC1. The van der Waals surface area contributed by atoms with Gasteiger partial charge in [0.2, 0.25) is 0 Å². The molecule has 0 N–H and O–H groups in total. The fraction of sp³-hybridized carbons (Fsp3) is 0.400. The van der Waals surface area contributed by atoms with Crippen LogP contribution in [-0.4, -0.2) is 19.0 Å². The minimum atomic E-state index is -1.92. The first-order valence-electron chi connectivity index (χ1n) is 2.46. The van der Waals surface area contributed by atoms with Gasteiger partial charge in [-0.25, -0.2) is 0 Å². The lowest BCUT2D eigenvalue weighted by Crippen LogP contribution is -1.88. The van der Waals surface area contributed by atoms with Crippen LogP contribution >= 0.6 is 7.14 Å². The molecule has 1 aliphatic rings. The van der Waals surface area contributed by atoms with Crippen LogP contribution in [0.5, 0.6) is 0 Å². The van der Waals surface area contributed by atoms with Crippen molar-refractivity contribution in [1.29, 1.82) is 0 Å². The van der Waals surface area contributed by atoms with E-state index in [2.05, 4.69) is 4.99 Å². The highest BCUT2D eigenvalue weighted by molar-refractivity contribution is 7.67. The van der Waals surface area contributed by atoms with Gasteiger partial charge >= 0.3 is 0 Å². The highest BCUT2D eigenvalue weighted by Crippen LogP contribution is 2.42. The topological polar surface area (TPSA) is 29.4 Å². The van der Waals surface area contributed by atoms with Gasteiger partial charge in [0.15, 0.2) is 0 Å². The van der Waals surface area contributed by atoms with Gasteiger partial charge < -0.3 is 4.57 Å². The smallest absolute Gasteiger partial charge is 0.112 e. The van der Waals surface area contributed by atoms with Crippen molar-refractivity contribution in [3.63, 3.8) is 0 Å². The van der Waals surface area contributed by atoms with E-state index in [4.69, 9.17) is 0 Å². The van der Waals surface area contributed by atoms with E-state index in [0.717, 1.165) is 0 Å². The molecule has 3 heteroatoms. The van der Waals surface area contributed by atoms with Gasteiger partial charge in [0, 0.05) is 18.6 Å². The van der Waals surface area contributed by atoms with Crippen molar-refractivity contribution < 1.29 is 4.57 Å². The normalized spacial score (nSPS) is 35.6. The zero-order valence-corrected chi connectivity index (χ0v) is 5.64. The fourth-order valence-electron chi connectivity index (χ4n) is 0.510. The summed E-state index contributed by atoms with van der Waals surface area (Å²) in [5, 5.41) is 0. The Morgan fingerprint density at radius 2 is 2.50 bits per heavy atom. The van der Waals surface area contributed by atoms with Crippen LogP contribution in [0.3, 0.4) is 0 Å². The maximum atomic E-state index is 11.1. The van der Waals surface area contributed by atoms with Gasteiger partial charge in [0.25, 0.3) is 0 Å². The zero-order valence-electron chi connectivity index (χ0n) is 4.74. The van der Waals surface area contributed by atoms with Gasteiger partial charge in [0.1, 0.15) is 7.14 Å². The molecule has 0 saturated heterocycles. The molecule has 44 valence electrons. The van der Waals surface area contributed by atoms with Crippen LogP contribution in [0.25, 0.3) is 0 Å². The lowest BCUT2D eigenvalue weighted by atomic mass is 10.8. The molecule has 1 aliphatic heterocycles. The summed E-state index contributed by atoms with van der Waals surface area (Å²) in [5.41, 5.74) is 0. The number of hydrogen-bond acceptors (Lipinski definition) is 2. The molecule has 0 bridgehead atoms. The Labute approximate surface area is 48.7 Å². The molecule has 0 aromatic heterocycles. The molecular weight excluding hydrogens is 121 g/mol. The summed E-state index contributed by atoms with van der Waals surface area (Å²) in [6.07, 6.45) is 3.93. The van der Waals surface area contributed by atoms with Crippen molar-refractivity contribution in [3.8, 4) is 0 Å². The van der Waals surface area contributed by atoms with E-state index in [1.807, 2.05) is 0 Å². The van der Waals surface area contributed by atoms with E-state index in [1.54, 1.807) is 24.9 Å². The first-order chi connectivity index (χ1) is 3.71. The minimum Gasteiger partial charge on any atom is -0.319 e. The van der Waals surface area contributed by atoms with Crippen LogP contribution in [0.4, 0.5) is 0 Å². The first kappa shape index (κ1) is 5.77. The van der Waals surface area contributed by atoms with E-state index in [-0.39, 0.29) is 0 Å². The fourth-order valence-corrected chi connectivity index (χ4v) is 1.41. The summed E-state index contributed by atoms with van der Waals surface area (Å²) < 4.78 is 11.1. The maximum absolute atomic E-state index is 11.1. The molecule has 0 aromatic rings. The van der Waals surface area contributed by atoms with Gasteiger partial charge in [-0.15, -0.1) is 0 Å². The molecular formula is C5H8NOP.